The minimum atomic E-state index is -1.15. The Bertz CT molecular complexity index is 1870. The number of benzene rings is 2. The second-order valence-electron chi connectivity index (χ2n) is 14.7. The fourth-order valence-corrected chi connectivity index (χ4v) is 6.30. The van der Waals surface area contributed by atoms with Crippen molar-refractivity contribution < 1.29 is 38.3 Å². The topological polar surface area (TPSA) is 214 Å². The highest BCUT2D eigenvalue weighted by molar-refractivity contribution is 6.00. The average Bonchev–Trinajstić information content (AvgIpc) is 3.20. The summed E-state index contributed by atoms with van der Waals surface area (Å²) in [4.78, 5) is 99.2. The summed E-state index contributed by atoms with van der Waals surface area (Å²) in [7, 11) is 1.21. The van der Waals surface area contributed by atoms with Crippen molar-refractivity contribution in [1.29, 1.82) is 0 Å². The molecule has 304 valence electrons. The molecular formula is C42H53N7O8. The van der Waals surface area contributed by atoms with E-state index in [2.05, 4.69) is 36.9 Å². The van der Waals surface area contributed by atoms with Gasteiger partial charge in [-0.25, -0.2) is 9.78 Å². The highest BCUT2D eigenvalue weighted by atomic mass is 16.5. The van der Waals surface area contributed by atoms with Gasteiger partial charge in [-0.2, -0.15) is 0 Å². The summed E-state index contributed by atoms with van der Waals surface area (Å²) < 4.78 is 4.99. The van der Waals surface area contributed by atoms with Crippen LogP contribution in [0.15, 0.2) is 78.9 Å². The van der Waals surface area contributed by atoms with Gasteiger partial charge in [-0.1, -0.05) is 94.4 Å². The van der Waals surface area contributed by atoms with E-state index < -0.39 is 83.5 Å². The molecule has 6 amide bonds. The summed E-state index contributed by atoms with van der Waals surface area (Å²) in [6.45, 7) is 7.13. The van der Waals surface area contributed by atoms with Crippen LogP contribution in [0.5, 0.6) is 0 Å². The van der Waals surface area contributed by atoms with E-state index in [4.69, 9.17) is 4.74 Å². The van der Waals surface area contributed by atoms with Gasteiger partial charge in [-0.05, 0) is 54.4 Å². The van der Waals surface area contributed by atoms with Crippen LogP contribution in [-0.4, -0.2) is 90.3 Å². The van der Waals surface area contributed by atoms with Crippen LogP contribution in [0.1, 0.15) is 79.1 Å². The Morgan fingerprint density at radius 2 is 1.09 bits per heavy atom. The van der Waals surface area contributed by atoms with Crippen molar-refractivity contribution in [2.75, 3.05) is 13.7 Å². The molecule has 0 saturated carbocycles. The fourth-order valence-electron chi connectivity index (χ4n) is 6.30. The number of carbonyl (C=O) groups is 7. The first-order valence-corrected chi connectivity index (χ1v) is 19.2. The van der Waals surface area contributed by atoms with Gasteiger partial charge >= 0.3 is 5.97 Å². The number of carbonyl (C=O) groups excluding carboxylic acids is 7. The molecular weight excluding hydrogens is 731 g/mol. The third kappa shape index (κ3) is 13.0. The van der Waals surface area contributed by atoms with Crippen molar-refractivity contribution >= 4 is 41.4 Å². The minimum absolute atomic E-state index is 0.0773. The number of amides is 6. The highest BCUT2D eigenvalue weighted by Gasteiger charge is 2.33. The van der Waals surface area contributed by atoms with E-state index >= 15 is 0 Å². The molecule has 4 rings (SSSR count). The number of fused-ring (bicyclic) bond motifs is 2. The maximum absolute atomic E-state index is 13.9. The van der Waals surface area contributed by atoms with Crippen molar-refractivity contribution in [3.8, 4) is 0 Å². The normalized spacial score (nSPS) is 22.2. The van der Waals surface area contributed by atoms with Crippen molar-refractivity contribution in [2.45, 2.75) is 90.0 Å². The summed E-state index contributed by atoms with van der Waals surface area (Å²) in [5.74, 6) is -5.35. The molecule has 5 atom stereocenters. The Labute approximate surface area is 332 Å². The number of nitrogens with zero attached hydrogens (tertiary/aromatic N) is 1. The third-order valence-corrected chi connectivity index (χ3v) is 9.54. The molecule has 2 heterocycles. The third-order valence-electron chi connectivity index (χ3n) is 9.54. The Kier molecular flexibility index (Phi) is 16.3. The predicted molar refractivity (Wildman–Crippen MR) is 211 cm³/mol. The molecule has 0 spiro atoms. The van der Waals surface area contributed by atoms with Crippen LogP contribution in [0, 0.1) is 11.8 Å². The van der Waals surface area contributed by atoms with Crippen LogP contribution >= 0.6 is 0 Å². The van der Waals surface area contributed by atoms with E-state index in [1.807, 2.05) is 36.4 Å². The zero-order valence-corrected chi connectivity index (χ0v) is 33.0. The maximum Gasteiger partial charge on any atom is 0.328 e. The van der Waals surface area contributed by atoms with Crippen LogP contribution in [-0.2, 0) is 41.6 Å². The Balaban J connectivity index is 1.68. The molecule has 0 saturated heterocycles. The van der Waals surface area contributed by atoms with Gasteiger partial charge in [0, 0.05) is 19.4 Å². The van der Waals surface area contributed by atoms with Gasteiger partial charge in [0.2, 0.25) is 23.6 Å². The van der Waals surface area contributed by atoms with E-state index in [-0.39, 0.29) is 37.2 Å². The van der Waals surface area contributed by atoms with E-state index in [9.17, 15) is 33.6 Å². The summed E-state index contributed by atoms with van der Waals surface area (Å²) in [5, 5.41) is 16.6. The zero-order chi connectivity index (χ0) is 41.5. The first kappa shape index (κ1) is 43.6. The average molecular weight is 784 g/mol. The van der Waals surface area contributed by atoms with Crippen molar-refractivity contribution in [3.05, 3.63) is 101 Å². The monoisotopic (exact) mass is 783 g/mol. The SMILES string of the molecule is COC(=O)[C@@H]1CCCCNC(=O)[C@H](Cc2ccccc2)NC(=O)[C@H](C(C)C)NC(=O)c2cccc(n2)C(=O)N[C@@H](C(C)C)C(=O)N[C@@H](Cc2ccccc2)C(=O)N1. The fraction of sp³-hybridized carbons (Fsp3) is 0.429. The van der Waals surface area contributed by atoms with Gasteiger partial charge in [0.15, 0.2) is 0 Å². The van der Waals surface area contributed by atoms with Crippen LogP contribution in [0.2, 0.25) is 0 Å². The Hall–Kier alpha value is -6.12. The first-order valence-electron chi connectivity index (χ1n) is 19.2. The van der Waals surface area contributed by atoms with E-state index in [1.165, 1.54) is 25.3 Å². The number of esters is 1. The second-order valence-corrected chi connectivity index (χ2v) is 14.7. The number of ether oxygens (including phenoxy) is 1. The van der Waals surface area contributed by atoms with Gasteiger partial charge in [-0.15, -0.1) is 0 Å². The van der Waals surface area contributed by atoms with Gasteiger partial charge in [0.25, 0.3) is 11.8 Å². The van der Waals surface area contributed by atoms with Gasteiger partial charge in [0.1, 0.15) is 41.6 Å². The van der Waals surface area contributed by atoms with Gasteiger partial charge < -0.3 is 36.6 Å². The Morgan fingerprint density at radius 3 is 1.54 bits per heavy atom. The molecule has 0 aliphatic carbocycles. The van der Waals surface area contributed by atoms with Crippen molar-refractivity contribution in [1.82, 2.24) is 36.9 Å². The molecule has 2 aromatic carbocycles. The van der Waals surface area contributed by atoms with E-state index in [0.29, 0.717) is 12.8 Å². The van der Waals surface area contributed by atoms with Crippen molar-refractivity contribution in [3.63, 3.8) is 0 Å². The van der Waals surface area contributed by atoms with Crippen LogP contribution < -0.4 is 31.9 Å². The van der Waals surface area contributed by atoms with Crippen molar-refractivity contribution in [2.24, 2.45) is 11.8 Å². The lowest BCUT2D eigenvalue weighted by Gasteiger charge is -2.27. The lowest BCUT2D eigenvalue weighted by Crippen LogP contribution is -2.57. The largest absolute Gasteiger partial charge is 0.467 e. The van der Waals surface area contributed by atoms with Crippen LogP contribution in [0.25, 0.3) is 0 Å². The van der Waals surface area contributed by atoms with Gasteiger partial charge in [0.05, 0.1) is 7.11 Å². The molecule has 2 bridgehead atoms. The highest BCUT2D eigenvalue weighted by Crippen LogP contribution is 2.12. The quantitative estimate of drug-likeness (QED) is 0.193. The second kappa shape index (κ2) is 21.3. The van der Waals surface area contributed by atoms with Crippen LogP contribution in [0.4, 0.5) is 0 Å². The summed E-state index contributed by atoms with van der Waals surface area (Å²) in [6.07, 6.45) is 1.22. The molecule has 15 nitrogen and oxygen atoms in total. The smallest absolute Gasteiger partial charge is 0.328 e. The number of pyridine rings is 1. The number of aromatic nitrogens is 1. The number of hydrogen-bond acceptors (Lipinski definition) is 9. The van der Waals surface area contributed by atoms with E-state index in [0.717, 1.165) is 11.1 Å². The predicted octanol–water partition coefficient (Wildman–Crippen LogP) is 2.00. The molecule has 3 aromatic rings. The lowest BCUT2D eigenvalue weighted by molar-refractivity contribution is -0.145. The maximum atomic E-state index is 13.9. The van der Waals surface area contributed by atoms with Crippen LogP contribution in [0.3, 0.4) is 0 Å². The number of nitrogens with one attached hydrogen (secondary N) is 6. The molecule has 15 heteroatoms. The molecule has 0 fully saturated rings. The summed E-state index contributed by atoms with van der Waals surface area (Å²) >= 11 is 0. The lowest BCUT2D eigenvalue weighted by atomic mass is 10.00. The number of methoxy groups -OCH3 is 1. The molecule has 1 aliphatic rings. The molecule has 1 aromatic heterocycles. The number of rotatable bonds is 7. The minimum Gasteiger partial charge on any atom is -0.467 e. The number of hydrogen-bond donors (Lipinski definition) is 6. The molecule has 0 radical (unpaired) electrons. The standard InChI is InChI=1S/C42H53N7O8/c1-25(2)34-40(54)46-32(23-27-15-8-6-9-16-27)36(50)43-22-13-12-19-31(42(56)57-5)45-39(53)33(24-28-17-10-7-11-18-28)47-41(55)35(26(3)4)49-38(52)30-21-14-20-29(44-30)37(51)48-34/h6-11,14-18,20-21,25-26,31-35H,12-13,19,22-24H2,1-5H3,(H,43,50)(H,45,53)(H,46,54)(H,47,55)(H,48,51)(H,49,52)/t31-,32-,33-,34-,35-/m0/s1. The molecule has 57 heavy (non-hydrogen) atoms. The molecule has 1 aliphatic heterocycles. The zero-order valence-electron chi connectivity index (χ0n) is 33.0. The summed E-state index contributed by atoms with van der Waals surface area (Å²) in [5.41, 5.74) is 1.22. The first-order chi connectivity index (χ1) is 27.3. The summed E-state index contributed by atoms with van der Waals surface area (Å²) in [6, 6.07) is 17.0. The van der Waals surface area contributed by atoms with E-state index in [1.54, 1.807) is 52.0 Å². The molecule has 0 unspecified atom stereocenters. The molecule has 6 N–H and O–H groups in total. The Morgan fingerprint density at radius 1 is 0.614 bits per heavy atom. The van der Waals surface area contributed by atoms with Gasteiger partial charge in [-0.3, -0.25) is 28.8 Å².